The van der Waals surface area contributed by atoms with Crippen molar-refractivity contribution in [3.05, 3.63) is 59.7 Å². The van der Waals surface area contributed by atoms with E-state index in [0.29, 0.717) is 6.42 Å². The molecule has 1 heterocycles. The van der Waals surface area contributed by atoms with Gasteiger partial charge in [0.2, 0.25) is 0 Å². The number of likely N-dealkylation sites (tertiary alicyclic amines) is 1. The molecule has 1 aliphatic heterocycles. The first kappa shape index (κ1) is 19.2. The summed E-state index contributed by atoms with van der Waals surface area (Å²) in [7, 11) is 0. The lowest BCUT2D eigenvalue weighted by molar-refractivity contribution is -0.143. The molecule has 5 rings (SSSR count). The van der Waals surface area contributed by atoms with Crippen molar-refractivity contribution in [3.8, 4) is 11.1 Å². The summed E-state index contributed by atoms with van der Waals surface area (Å²) in [5.41, 5.74) is 4.35. The fourth-order valence-corrected chi connectivity index (χ4v) is 5.90. The topological polar surface area (TPSA) is 66.8 Å². The predicted molar refractivity (Wildman–Crippen MR) is 113 cm³/mol. The first-order valence-electron chi connectivity index (χ1n) is 11.0. The van der Waals surface area contributed by atoms with E-state index in [1.54, 1.807) is 4.90 Å². The van der Waals surface area contributed by atoms with E-state index < -0.39 is 18.1 Å². The van der Waals surface area contributed by atoms with E-state index in [1.165, 1.54) is 11.1 Å². The first-order chi connectivity index (χ1) is 14.6. The molecule has 1 unspecified atom stereocenters. The molecule has 0 aromatic heterocycles. The van der Waals surface area contributed by atoms with Crippen molar-refractivity contribution in [2.75, 3.05) is 6.61 Å². The molecule has 0 radical (unpaired) electrons. The van der Waals surface area contributed by atoms with E-state index in [4.69, 9.17) is 4.74 Å². The van der Waals surface area contributed by atoms with Crippen LogP contribution < -0.4 is 0 Å². The van der Waals surface area contributed by atoms with Gasteiger partial charge in [-0.05, 0) is 47.9 Å². The number of carboxylic acids is 1. The Labute approximate surface area is 176 Å². The highest BCUT2D eigenvalue weighted by Crippen LogP contribution is 2.46. The van der Waals surface area contributed by atoms with E-state index in [-0.39, 0.29) is 18.1 Å². The van der Waals surface area contributed by atoms with E-state index in [1.807, 2.05) is 24.3 Å². The van der Waals surface area contributed by atoms with Gasteiger partial charge in [-0.15, -0.1) is 0 Å². The summed E-state index contributed by atoms with van der Waals surface area (Å²) in [6, 6.07) is 15.7. The Kier molecular flexibility index (Phi) is 4.76. The van der Waals surface area contributed by atoms with Crippen LogP contribution >= 0.6 is 0 Å². The van der Waals surface area contributed by atoms with Crippen LogP contribution in [0.25, 0.3) is 11.1 Å². The highest BCUT2D eigenvalue weighted by Gasteiger charge is 2.52. The van der Waals surface area contributed by atoms with Gasteiger partial charge in [-0.25, -0.2) is 9.59 Å². The summed E-state index contributed by atoms with van der Waals surface area (Å²) in [6.45, 7) is 0.228. The van der Waals surface area contributed by atoms with Crippen LogP contribution in [0.1, 0.15) is 62.0 Å². The normalized spacial score (nSPS) is 22.0. The molecule has 2 aromatic rings. The molecule has 30 heavy (non-hydrogen) atoms. The summed E-state index contributed by atoms with van der Waals surface area (Å²) in [5, 5.41) is 9.74. The molecule has 1 saturated carbocycles. The number of fused-ring (bicyclic) bond motifs is 3. The van der Waals surface area contributed by atoms with Crippen LogP contribution in [0.15, 0.2) is 48.5 Å². The molecule has 5 nitrogen and oxygen atoms in total. The number of amides is 1. The maximum absolute atomic E-state index is 13.3. The Morgan fingerprint density at radius 1 is 0.933 bits per heavy atom. The summed E-state index contributed by atoms with van der Waals surface area (Å²) in [5.74, 6) is -0.944. The highest BCUT2D eigenvalue weighted by molar-refractivity contribution is 5.82. The van der Waals surface area contributed by atoms with Crippen molar-refractivity contribution in [3.63, 3.8) is 0 Å². The highest BCUT2D eigenvalue weighted by atomic mass is 16.6. The summed E-state index contributed by atoms with van der Waals surface area (Å²) in [4.78, 5) is 26.7. The minimum Gasteiger partial charge on any atom is -0.480 e. The largest absolute Gasteiger partial charge is 0.480 e. The van der Waals surface area contributed by atoms with Gasteiger partial charge in [0.1, 0.15) is 12.6 Å². The fraction of sp³-hybridized carbons (Fsp3) is 0.440. The van der Waals surface area contributed by atoms with Gasteiger partial charge >= 0.3 is 12.1 Å². The standard InChI is InChI=1S/C25H27NO4/c27-23(28)22-12-15-25(13-6-1-7-14-25)26(22)24(29)30-16-21-19-10-4-2-8-17(19)18-9-3-5-11-20(18)21/h2-5,8-11,21-22H,1,6-7,12-16H2,(H,27,28). The van der Waals surface area contributed by atoms with Crippen LogP contribution in [0, 0.1) is 0 Å². The zero-order valence-corrected chi connectivity index (χ0v) is 17.0. The second-order valence-corrected chi connectivity index (χ2v) is 8.85. The smallest absolute Gasteiger partial charge is 0.411 e. The van der Waals surface area contributed by atoms with Crippen LogP contribution in [-0.2, 0) is 9.53 Å². The van der Waals surface area contributed by atoms with Gasteiger partial charge < -0.3 is 9.84 Å². The summed E-state index contributed by atoms with van der Waals surface area (Å²) < 4.78 is 5.86. The molecule has 1 amide bonds. The Morgan fingerprint density at radius 2 is 1.53 bits per heavy atom. The molecule has 1 saturated heterocycles. The third-order valence-electron chi connectivity index (χ3n) is 7.31. The molecule has 1 spiro atoms. The lowest BCUT2D eigenvalue weighted by Crippen LogP contribution is -2.54. The number of carbonyl (C=O) groups excluding carboxylic acids is 1. The third kappa shape index (κ3) is 2.99. The molecular weight excluding hydrogens is 378 g/mol. The molecular formula is C25H27NO4. The number of ether oxygens (including phenoxy) is 1. The number of carboxylic acid groups (broad SMARTS) is 1. The van der Waals surface area contributed by atoms with Crippen molar-refractivity contribution in [2.24, 2.45) is 0 Å². The van der Waals surface area contributed by atoms with Crippen LogP contribution in [0.3, 0.4) is 0 Å². The summed E-state index contributed by atoms with van der Waals surface area (Å²) in [6.07, 6.45) is 5.79. The van der Waals surface area contributed by atoms with Crippen molar-refractivity contribution in [1.29, 1.82) is 0 Å². The minimum absolute atomic E-state index is 0.0189. The third-order valence-corrected chi connectivity index (χ3v) is 7.31. The van der Waals surface area contributed by atoms with Crippen molar-refractivity contribution < 1.29 is 19.4 Å². The molecule has 2 aliphatic carbocycles. The van der Waals surface area contributed by atoms with Gasteiger partial charge in [-0.3, -0.25) is 4.90 Å². The number of nitrogens with zero attached hydrogens (tertiary/aromatic N) is 1. The van der Waals surface area contributed by atoms with Crippen LogP contribution in [0.4, 0.5) is 4.79 Å². The first-order valence-corrected chi connectivity index (χ1v) is 11.0. The van der Waals surface area contributed by atoms with E-state index in [9.17, 15) is 14.7 Å². The predicted octanol–water partition coefficient (Wildman–Crippen LogP) is 5.19. The Bertz CT molecular complexity index is 933. The Hall–Kier alpha value is -2.82. The monoisotopic (exact) mass is 405 g/mol. The maximum Gasteiger partial charge on any atom is 0.411 e. The molecule has 2 aromatic carbocycles. The molecule has 156 valence electrons. The molecule has 0 bridgehead atoms. The molecule has 1 N–H and O–H groups in total. The van der Waals surface area contributed by atoms with Crippen LogP contribution in [-0.4, -0.2) is 40.3 Å². The van der Waals surface area contributed by atoms with Crippen molar-refractivity contribution in [1.82, 2.24) is 4.90 Å². The van der Waals surface area contributed by atoms with Gasteiger partial charge in [0, 0.05) is 11.5 Å². The SMILES string of the molecule is O=C(O)C1CCC2(CCCCC2)N1C(=O)OCC1c2ccccc2-c2ccccc21. The average Bonchev–Trinajstić information content (AvgIpc) is 3.29. The summed E-state index contributed by atoms with van der Waals surface area (Å²) >= 11 is 0. The van der Waals surface area contributed by atoms with Gasteiger partial charge in [-0.2, -0.15) is 0 Å². The minimum atomic E-state index is -0.925. The van der Waals surface area contributed by atoms with Gasteiger partial charge in [-0.1, -0.05) is 67.8 Å². The van der Waals surface area contributed by atoms with Crippen molar-refractivity contribution in [2.45, 2.75) is 62.4 Å². The van der Waals surface area contributed by atoms with E-state index in [2.05, 4.69) is 24.3 Å². The number of carbonyl (C=O) groups is 2. The molecule has 3 aliphatic rings. The number of hydrogen-bond acceptors (Lipinski definition) is 3. The van der Waals surface area contributed by atoms with Gasteiger partial charge in [0.15, 0.2) is 0 Å². The van der Waals surface area contributed by atoms with E-state index in [0.717, 1.165) is 49.7 Å². The lowest BCUT2D eigenvalue weighted by atomic mass is 9.80. The second-order valence-electron chi connectivity index (χ2n) is 8.85. The number of aliphatic carboxylic acids is 1. The molecule has 2 fully saturated rings. The molecule has 1 atom stereocenters. The van der Waals surface area contributed by atoms with Crippen LogP contribution in [0.5, 0.6) is 0 Å². The number of hydrogen-bond donors (Lipinski definition) is 1. The Balaban J connectivity index is 1.39. The van der Waals surface area contributed by atoms with E-state index >= 15 is 0 Å². The quantitative estimate of drug-likeness (QED) is 0.763. The van der Waals surface area contributed by atoms with Crippen molar-refractivity contribution >= 4 is 12.1 Å². The number of rotatable bonds is 3. The fourth-order valence-electron chi connectivity index (χ4n) is 5.90. The Morgan fingerprint density at radius 3 is 2.13 bits per heavy atom. The second kappa shape index (κ2) is 7.46. The zero-order chi connectivity index (χ0) is 20.7. The van der Waals surface area contributed by atoms with Gasteiger partial charge in [0.05, 0.1) is 0 Å². The average molecular weight is 405 g/mol. The zero-order valence-electron chi connectivity index (χ0n) is 17.0. The number of benzene rings is 2. The molecule has 5 heteroatoms. The van der Waals surface area contributed by atoms with Crippen LogP contribution in [0.2, 0.25) is 0 Å². The maximum atomic E-state index is 13.3. The lowest BCUT2D eigenvalue weighted by Gasteiger charge is -2.42. The van der Waals surface area contributed by atoms with Gasteiger partial charge in [0.25, 0.3) is 0 Å².